The summed E-state index contributed by atoms with van der Waals surface area (Å²) in [5, 5.41) is 12.8. The number of fused-ring (bicyclic) bond motifs is 3. The average molecular weight is 428 g/mol. The zero-order valence-electron chi connectivity index (χ0n) is 13.8. The summed E-state index contributed by atoms with van der Waals surface area (Å²) in [5.74, 6) is 0.0951. The largest absolute Gasteiger partial charge is 0.327 e. The van der Waals surface area contributed by atoms with Gasteiger partial charge in [-0.25, -0.2) is 4.98 Å². The molecule has 1 N–H and O–H groups in total. The van der Waals surface area contributed by atoms with Gasteiger partial charge >= 0.3 is 0 Å². The van der Waals surface area contributed by atoms with Crippen molar-refractivity contribution in [3.63, 3.8) is 0 Å². The van der Waals surface area contributed by atoms with Crippen molar-refractivity contribution in [3.8, 4) is 0 Å². The van der Waals surface area contributed by atoms with E-state index in [-0.39, 0.29) is 11.7 Å². The van der Waals surface area contributed by atoms with E-state index < -0.39 is 0 Å². The molecule has 2 aromatic carbocycles. The normalized spacial score (nSPS) is 11.2. The third kappa shape index (κ3) is 3.30. The first-order valence-corrected chi connectivity index (χ1v) is 9.66. The summed E-state index contributed by atoms with van der Waals surface area (Å²) in [6, 6.07) is 15.4. The summed E-state index contributed by atoms with van der Waals surface area (Å²) in [7, 11) is 1.95. The SMILES string of the molecule is Cn1c2ccccc2c2nnc(SCC(=O)Nc3cccc(Br)c3)nc21. The molecule has 0 spiro atoms. The van der Waals surface area contributed by atoms with Gasteiger partial charge in [-0.15, -0.1) is 10.2 Å². The van der Waals surface area contributed by atoms with Crippen LogP contribution in [0.15, 0.2) is 58.2 Å². The maximum atomic E-state index is 12.1. The maximum absolute atomic E-state index is 12.1. The number of aryl methyl sites for hydroxylation is 1. The number of nitrogens with zero attached hydrogens (tertiary/aromatic N) is 4. The molecule has 2 heterocycles. The Morgan fingerprint density at radius 1 is 1.19 bits per heavy atom. The highest BCUT2D eigenvalue weighted by Gasteiger charge is 2.13. The first-order chi connectivity index (χ1) is 12.6. The Balaban J connectivity index is 1.51. The second-order valence-electron chi connectivity index (χ2n) is 5.69. The fraction of sp³-hybridized carbons (Fsp3) is 0.111. The van der Waals surface area contributed by atoms with E-state index in [2.05, 4.69) is 36.4 Å². The lowest BCUT2D eigenvalue weighted by Gasteiger charge is -2.05. The van der Waals surface area contributed by atoms with Gasteiger partial charge in [0.25, 0.3) is 0 Å². The van der Waals surface area contributed by atoms with Crippen LogP contribution in [0.2, 0.25) is 0 Å². The summed E-state index contributed by atoms with van der Waals surface area (Å²) in [4.78, 5) is 16.7. The Morgan fingerprint density at radius 3 is 2.88 bits per heavy atom. The molecule has 0 aliphatic rings. The quantitative estimate of drug-likeness (QED) is 0.498. The van der Waals surface area contributed by atoms with E-state index in [1.54, 1.807) is 0 Å². The standard InChI is InChI=1S/C18H14BrN5OS/c1-24-14-8-3-2-7-13(14)16-17(24)21-18(23-22-16)26-10-15(25)20-12-6-4-5-11(19)9-12/h2-9H,10H2,1H3,(H,20,25). The molecule has 0 atom stereocenters. The summed E-state index contributed by atoms with van der Waals surface area (Å²) >= 11 is 4.65. The molecule has 0 aliphatic carbocycles. The molecule has 0 saturated carbocycles. The number of anilines is 1. The minimum absolute atomic E-state index is 0.117. The number of amides is 1. The second-order valence-corrected chi connectivity index (χ2v) is 7.55. The number of nitrogens with one attached hydrogen (secondary N) is 1. The molecule has 8 heteroatoms. The van der Waals surface area contributed by atoms with E-state index in [0.29, 0.717) is 5.16 Å². The first-order valence-electron chi connectivity index (χ1n) is 7.88. The second kappa shape index (κ2) is 7.05. The minimum atomic E-state index is -0.117. The van der Waals surface area contributed by atoms with Crippen molar-refractivity contribution in [2.24, 2.45) is 7.05 Å². The number of aromatic nitrogens is 4. The number of benzene rings is 2. The van der Waals surface area contributed by atoms with Gasteiger partial charge in [-0.3, -0.25) is 4.79 Å². The molecule has 2 aromatic heterocycles. The highest BCUT2D eigenvalue weighted by molar-refractivity contribution is 9.10. The van der Waals surface area contributed by atoms with Crippen LogP contribution in [0.3, 0.4) is 0 Å². The van der Waals surface area contributed by atoms with Gasteiger partial charge < -0.3 is 9.88 Å². The van der Waals surface area contributed by atoms with Crippen LogP contribution in [0.25, 0.3) is 22.1 Å². The van der Waals surface area contributed by atoms with Gasteiger partial charge in [0.05, 0.1) is 11.3 Å². The van der Waals surface area contributed by atoms with Gasteiger partial charge in [-0.1, -0.05) is 52.0 Å². The molecular formula is C18H14BrN5OS. The van der Waals surface area contributed by atoms with Crippen molar-refractivity contribution < 1.29 is 4.79 Å². The van der Waals surface area contributed by atoms with Crippen LogP contribution in [0, 0.1) is 0 Å². The van der Waals surface area contributed by atoms with Gasteiger partial charge in [0.1, 0.15) is 5.52 Å². The fourth-order valence-electron chi connectivity index (χ4n) is 2.75. The predicted molar refractivity (Wildman–Crippen MR) is 107 cm³/mol. The van der Waals surface area contributed by atoms with Gasteiger partial charge in [0.15, 0.2) is 5.65 Å². The van der Waals surface area contributed by atoms with E-state index in [1.165, 1.54) is 11.8 Å². The summed E-state index contributed by atoms with van der Waals surface area (Å²) in [6.45, 7) is 0. The lowest BCUT2D eigenvalue weighted by atomic mass is 10.2. The van der Waals surface area contributed by atoms with Crippen LogP contribution in [0.4, 0.5) is 5.69 Å². The maximum Gasteiger partial charge on any atom is 0.234 e. The molecule has 4 rings (SSSR count). The first kappa shape index (κ1) is 17.0. The van der Waals surface area contributed by atoms with Crippen LogP contribution >= 0.6 is 27.7 Å². The number of rotatable bonds is 4. The third-order valence-corrected chi connectivity index (χ3v) is 5.26. The average Bonchev–Trinajstić information content (AvgIpc) is 2.93. The van der Waals surface area contributed by atoms with Crippen LogP contribution < -0.4 is 5.32 Å². The van der Waals surface area contributed by atoms with E-state index >= 15 is 0 Å². The Labute approximate surface area is 162 Å². The van der Waals surface area contributed by atoms with E-state index in [0.717, 1.165) is 32.2 Å². The number of para-hydroxylation sites is 1. The fourth-order valence-corrected chi connectivity index (χ4v) is 3.73. The molecule has 0 radical (unpaired) electrons. The lowest BCUT2D eigenvalue weighted by molar-refractivity contribution is -0.113. The van der Waals surface area contributed by atoms with Crippen molar-refractivity contribution in [2.45, 2.75) is 5.16 Å². The van der Waals surface area contributed by atoms with Crippen LogP contribution in [0.5, 0.6) is 0 Å². The zero-order valence-corrected chi connectivity index (χ0v) is 16.2. The topological polar surface area (TPSA) is 72.7 Å². The van der Waals surface area contributed by atoms with Gasteiger partial charge in [-0.2, -0.15) is 0 Å². The number of carbonyl (C=O) groups excluding carboxylic acids is 1. The molecule has 1 amide bonds. The number of carbonyl (C=O) groups is 1. The summed E-state index contributed by atoms with van der Waals surface area (Å²) in [5.41, 5.74) is 3.33. The van der Waals surface area contributed by atoms with Gasteiger partial charge in [-0.05, 0) is 24.3 Å². The van der Waals surface area contributed by atoms with Crippen molar-refractivity contribution in [1.82, 2.24) is 19.7 Å². The number of hydrogen-bond donors (Lipinski definition) is 1. The molecule has 0 aliphatic heterocycles. The zero-order chi connectivity index (χ0) is 18.1. The van der Waals surface area contributed by atoms with Crippen LogP contribution in [-0.2, 0) is 11.8 Å². The molecule has 0 saturated heterocycles. The molecular weight excluding hydrogens is 414 g/mol. The minimum Gasteiger partial charge on any atom is -0.327 e. The Morgan fingerprint density at radius 2 is 2.04 bits per heavy atom. The smallest absolute Gasteiger partial charge is 0.234 e. The van der Waals surface area contributed by atoms with Crippen molar-refractivity contribution in [1.29, 1.82) is 0 Å². The van der Waals surface area contributed by atoms with Crippen LogP contribution in [-0.4, -0.2) is 31.4 Å². The van der Waals surface area contributed by atoms with Crippen molar-refractivity contribution in [3.05, 3.63) is 53.0 Å². The highest BCUT2D eigenvalue weighted by atomic mass is 79.9. The summed E-state index contributed by atoms with van der Waals surface area (Å²) < 4.78 is 2.90. The van der Waals surface area contributed by atoms with Gasteiger partial charge in [0, 0.05) is 22.6 Å². The molecule has 0 bridgehead atoms. The molecule has 0 fully saturated rings. The number of halogens is 1. The van der Waals surface area contributed by atoms with E-state index in [9.17, 15) is 4.79 Å². The van der Waals surface area contributed by atoms with E-state index in [4.69, 9.17) is 0 Å². The predicted octanol–water partition coefficient (Wildman–Crippen LogP) is 4.01. The molecule has 130 valence electrons. The number of hydrogen-bond acceptors (Lipinski definition) is 5. The van der Waals surface area contributed by atoms with Gasteiger partial charge in [0.2, 0.25) is 11.1 Å². The monoisotopic (exact) mass is 427 g/mol. The molecule has 0 unspecified atom stereocenters. The Bertz CT molecular complexity index is 1130. The highest BCUT2D eigenvalue weighted by Crippen LogP contribution is 2.26. The third-order valence-electron chi connectivity index (χ3n) is 3.93. The van der Waals surface area contributed by atoms with Crippen molar-refractivity contribution in [2.75, 3.05) is 11.1 Å². The Hall–Kier alpha value is -2.45. The van der Waals surface area contributed by atoms with Crippen molar-refractivity contribution >= 4 is 61.4 Å². The molecule has 4 aromatic rings. The lowest BCUT2D eigenvalue weighted by Crippen LogP contribution is -2.14. The Kier molecular flexibility index (Phi) is 4.60. The molecule has 6 nitrogen and oxygen atoms in total. The summed E-state index contributed by atoms with van der Waals surface area (Å²) in [6.07, 6.45) is 0. The van der Waals surface area contributed by atoms with Crippen LogP contribution in [0.1, 0.15) is 0 Å². The number of thioether (sulfide) groups is 1. The van der Waals surface area contributed by atoms with E-state index in [1.807, 2.05) is 60.1 Å². The molecule has 26 heavy (non-hydrogen) atoms.